The van der Waals surface area contributed by atoms with E-state index in [9.17, 15) is 17.6 Å². The third kappa shape index (κ3) is 4.21. The number of nitrogens with zero attached hydrogens (tertiary/aromatic N) is 2. The molecule has 0 saturated heterocycles. The Morgan fingerprint density at radius 3 is 2.43 bits per heavy atom. The number of halogens is 4. The molecule has 156 valence electrons. The van der Waals surface area contributed by atoms with Crippen LogP contribution in [-0.4, -0.2) is 22.2 Å². The van der Waals surface area contributed by atoms with Crippen LogP contribution < -0.4 is 0 Å². The zero-order valence-corrected chi connectivity index (χ0v) is 16.3. The number of hydrogen-bond acceptors (Lipinski definition) is 3. The number of benzene rings is 2. The van der Waals surface area contributed by atoms with Crippen LogP contribution in [-0.2, 0) is 24.2 Å². The van der Waals surface area contributed by atoms with Gasteiger partial charge in [-0.3, -0.25) is 0 Å². The molecule has 1 aliphatic heterocycles. The molecule has 1 aliphatic rings. The number of fused-ring (bicyclic) bond motifs is 1. The molecule has 0 saturated carbocycles. The molecule has 0 bridgehead atoms. The predicted octanol–water partition coefficient (Wildman–Crippen LogP) is 5.91. The molecular weight excluding hydrogens is 396 g/mol. The third-order valence-electron chi connectivity index (χ3n) is 5.21. The van der Waals surface area contributed by atoms with Gasteiger partial charge in [0.2, 0.25) is 0 Å². The molecule has 0 spiro atoms. The topological polar surface area (TPSA) is 35.0 Å². The van der Waals surface area contributed by atoms with Gasteiger partial charge >= 0.3 is 6.18 Å². The fourth-order valence-electron chi connectivity index (χ4n) is 3.61. The van der Waals surface area contributed by atoms with Crippen LogP contribution in [0.1, 0.15) is 30.0 Å². The Bertz CT molecular complexity index is 1050. The second-order valence-corrected chi connectivity index (χ2v) is 7.39. The quantitative estimate of drug-likeness (QED) is 0.496. The summed E-state index contributed by atoms with van der Waals surface area (Å²) in [6.45, 7) is 1.93. The highest BCUT2D eigenvalue weighted by Crippen LogP contribution is 2.33. The maximum Gasteiger partial charge on any atom is 0.414 e. The normalized spacial score (nSPS) is 16.4. The van der Waals surface area contributed by atoms with Gasteiger partial charge in [0, 0.05) is 35.5 Å². The number of aryl methyl sites for hydroxylation is 1. The van der Waals surface area contributed by atoms with Gasteiger partial charge in [-0.05, 0) is 35.2 Å². The van der Waals surface area contributed by atoms with Crippen LogP contribution in [0.15, 0.2) is 48.8 Å². The highest BCUT2D eigenvalue weighted by atomic mass is 19.4. The van der Waals surface area contributed by atoms with E-state index in [0.717, 1.165) is 18.4 Å². The van der Waals surface area contributed by atoms with E-state index in [1.165, 1.54) is 6.07 Å². The van der Waals surface area contributed by atoms with Crippen molar-refractivity contribution in [3.63, 3.8) is 0 Å². The van der Waals surface area contributed by atoms with Crippen molar-refractivity contribution in [2.24, 2.45) is 0 Å². The molecule has 0 amide bonds. The molecule has 1 unspecified atom stereocenters. The van der Waals surface area contributed by atoms with Gasteiger partial charge in [-0.2, -0.15) is 13.2 Å². The molecule has 0 radical (unpaired) electrons. The first-order chi connectivity index (χ1) is 14.3. The summed E-state index contributed by atoms with van der Waals surface area (Å²) in [4.78, 5) is 8.66. The zero-order chi connectivity index (χ0) is 21.3. The third-order valence-corrected chi connectivity index (χ3v) is 5.21. The number of alkyl halides is 3. The lowest BCUT2D eigenvalue weighted by atomic mass is 9.96. The number of aromatic nitrogens is 2. The number of ether oxygens (including phenoxy) is 1. The van der Waals surface area contributed by atoms with Crippen molar-refractivity contribution < 1.29 is 22.3 Å². The van der Waals surface area contributed by atoms with Gasteiger partial charge in [0.05, 0.1) is 6.61 Å². The van der Waals surface area contributed by atoms with Crippen LogP contribution in [0.25, 0.3) is 22.5 Å². The van der Waals surface area contributed by atoms with E-state index >= 15 is 0 Å². The Morgan fingerprint density at radius 1 is 1.00 bits per heavy atom. The van der Waals surface area contributed by atoms with E-state index in [2.05, 4.69) is 9.97 Å². The molecule has 1 atom stereocenters. The predicted molar refractivity (Wildman–Crippen MR) is 105 cm³/mol. The summed E-state index contributed by atoms with van der Waals surface area (Å²) in [5, 5.41) is 0. The average Bonchev–Trinajstić information content (AvgIpc) is 2.73. The van der Waals surface area contributed by atoms with Crippen LogP contribution in [0, 0.1) is 5.82 Å². The molecule has 3 nitrogen and oxygen atoms in total. The smallest absolute Gasteiger partial charge is 0.364 e. The summed E-state index contributed by atoms with van der Waals surface area (Å²) in [6, 6.07) is 10.3. The lowest BCUT2D eigenvalue weighted by molar-refractivity contribution is -0.226. The second kappa shape index (κ2) is 8.14. The highest BCUT2D eigenvalue weighted by molar-refractivity contribution is 5.65. The highest BCUT2D eigenvalue weighted by Gasteiger charge is 2.42. The number of hydrogen-bond donors (Lipinski definition) is 0. The molecule has 0 fully saturated rings. The van der Waals surface area contributed by atoms with Crippen LogP contribution in [0.2, 0.25) is 0 Å². The van der Waals surface area contributed by atoms with Crippen molar-refractivity contribution in [2.45, 2.75) is 45.1 Å². The molecule has 3 aromatic rings. The Balaban J connectivity index is 1.55. The fourth-order valence-corrected chi connectivity index (χ4v) is 3.61. The second-order valence-electron chi connectivity index (χ2n) is 7.39. The van der Waals surface area contributed by atoms with Gasteiger partial charge in [-0.15, -0.1) is 0 Å². The van der Waals surface area contributed by atoms with Crippen LogP contribution in [0.5, 0.6) is 0 Å². The van der Waals surface area contributed by atoms with Crippen molar-refractivity contribution >= 4 is 0 Å². The Hall–Kier alpha value is -2.80. The van der Waals surface area contributed by atoms with Crippen LogP contribution >= 0.6 is 0 Å². The Morgan fingerprint density at radius 2 is 1.77 bits per heavy atom. The first-order valence-electron chi connectivity index (χ1n) is 9.76. The van der Waals surface area contributed by atoms with E-state index in [1.54, 1.807) is 36.7 Å². The Kier molecular flexibility index (Phi) is 5.56. The van der Waals surface area contributed by atoms with Gasteiger partial charge in [0.15, 0.2) is 11.9 Å². The van der Waals surface area contributed by atoms with E-state index in [1.807, 2.05) is 13.0 Å². The summed E-state index contributed by atoms with van der Waals surface area (Å²) >= 11 is 0. The molecular formula is C23H20F4N2O. The minimum absolute atomic E-state index is 0.110. The van der Waals surface area contributed by atoms with Crippen molar-refractivity contribution in [1.29, 1.82) is 0 Å². The van der Waals surface area contributed by atoms with E-state index in [4.69, 9.17) is 4.74 Å². The van der Waals surface area contributed by atoms with Gasteiger partial charge in [0.25, 0.3) is 0 Å². The largest absolute Gasteiger partial charge is 0.414 e. The molecule has 30 heavy (non-hydrogen) atoms. The first kappa shape index (κ1) is 20.5. The lowest BCUT2D eigenvalue weighted by Gasteiger charge is -2.27. The standard InChI is InChI=1S/C23H20F4N2O/c1-2-3-14-4-7-19(20(24)8-14)18-11-28-22(29-12-18)16-6-5-15-10-21(23(25,26)27)30-13-17(15)9-16/h4-9,11-12,21H,2-3,10,13H2,1H3. The van der Waals surface area contributed by atoms with Crippen LogP contribution in [0.3, 0.4) is 0 Å². The maximum absolute atomic E-state index is 14.4. The molecule has 2 heterocycles. The summed E-state index contributed by atoms with van der Waals surface area (Å²) in [6.07, 6.45) is -1.49. The molecule has 0 N–H and O–H groups in total. The number of rotatable bonds is 4. The van der Waals surface area contributed by atoms with Crippen molar-refractivity contribution in [3.8, 4) is 22.5 Å². The Labute approximate surface area is 171 Å². The molecule has 0 aliphatic carbocycles. The zero-order valence-electron chi connectivity index (χ0n) is 16.3. The van der Waals surface area contributed by atoms with E-state index in [-0.39, 0.29) is 18.8 Å². The first-order valence-corrected chi connectivity index (χ1v) is 9.76. The van der Waals surface area contributed by atoms with Crippen molar-refractivity contribution in [3.05, 3.63) is 71.3 Å². The SMILES string of the molecule is CCCc1ccc(-c2cnc(-c3ccc4c(c3)COC(C(F)(F)F)C4)nc2)c(F)c1. The molecule has 1 aromatic heterocycles. The maximum atomic E-state index is 14.4. The van der Waals surface area contributed by atoms with E-state index < -0.39 is 12.3 Å². The molecule has 2 aromatic carbocycles. The van der Waals surface area contributed by atoms with E-state index in [0.29, 0.717) is 33.6 Å². The van der Waals surface area contributed by atoms with Gasteiger partial charge in [-0.1, -0.05) is 37.6 Å². The summed E-state index contributed by atoms with van der Waals surface area (Å²) < 4.78 is 58.0. The summed E-state index contributed by atoms with van der Waals surface area (Å²) in [5.74, 6) is 0.102. The molecule has 4 rings (SSSR count). The van der Waals surface area contributed by atoms with Gasteiger partial charge in [0.1, 0.15) is 5.82 Å². The fraction of sp³-hybridized carbons (Fsp3) is 0.304. The molecule has 7 heteroatoms. The van der Waals surface area contributed by atoms with Gasteiger partial charge in [-0.25, -0.2) is 14.4 Å². The summed E-state index contributed by atoms with van der Waals surface area (Å²) in [5.41, 5.74) is 3.91. The minimum Gasteiger partial charge on any atom is -0.364 e. The average molecular weight is 416 g/mol. The minimum atomic E-state index is -4.38. The monoisotopic (exact) mass is 416 g/mol. The van der Waals surface area contributed by atoms with Gasteiger partial charge < -0.3 is 4.74 Å². The van der Waals surface area contributed by atoms with Crippen molar-refractivity contribution in [2.75, 3.05) is 0 Å². The van der Waals surface area contributed by atoms with Crippen LogP contribution in [0.4, 0.5) is 17.6 Å². The van der Waals surface area contributed by atoms with Crippen molar-refractivity contribution in [1.82, 2.24) is 9.97 Å². The summed E-state index contributed by atoms with van der Waals surface area (Å²) in [7, 11) is 0. The lowest BCUT2D eigenvalue weighted by Crippen LogP contribution is -2.36.